The maximum Gasteiger partial charge on any atom is 0.257 e. The SMILES string of the molecule is Cc1cc(C)cc(C(=O)NC(=S)Nc2cccc(-c3nc4ccc(C)cc4o3)c2)c1. The standard InChI is InChI=1S/C24H21N3O2S/c1-14-7-8-20-21(12-14)29-23(26-20)17-5-4-6-19(13-17)25-24(30)27-22(28)18-10-15(2)9-16(3)11-18/h4-13H,1-3H3,(H2,25,27,28,30). The molecule has 0 saturated carbocycles. The number of amides is 1. The Morgan fingerprint density at radius 1 is 0.933 bits per heavy atom. The summed E-state index contributed by atoms with van der Waals surface area (Å²) >= 11 is 5.32. The van der Waals surface area contributed by atoms with Crippen LogP contribution in [0.3, 0.4) is 0 Å². The number of fused-ring (bicyclic) bond motifs is 1. The number of aromatic nitrogens is 1. The van der Waals surface area contributed by atoms with Gasteiger partial charge in [0.25, 0.3) is 5.91 Å². The first-order chi connectivity index (χ1) is 14.4. The number of hydrogen-bond acceptors (Lipinski definition) is 4. The topological polar surface area (TPSA) is 67.2 Å². The van der Waals surface area contributed by atoms with Crippen LogP contribution in [0.4, 0.5) is 5.69 Å². The number of nitrogens with zero attached hydrogens (tertiary/aromatic N) is 1. The molecular formula is C24H21N3O2S. The number of benzene rings is 3. The molecule has 6 heteroatoms. The van der Waals surface area contributed by atoms with Crippen molar-refractivity contribution in [1.82, 2.24) is 10.3 Å². The van der Waals surface area contributed by atoms with E-state index in [4.69, 9.17) is 16.6 Å². The van der Waals surface area contributed by atoms with Crippen molar-refractivity contribution in [2.24, 2.45) is 0 Å². The lowest BCUT2D eigenvalue weighted by atomic mass is 10.1. The molecule has 150 valence electrons. The number of thiocarbonyl (C=S) groups is 1. The Morgan fingerprint density at radius 2 is 1.70 bits per heavy atom. The minimum Gasteiger partial charge on any atom is -0.436 e. The fraction of sp³-hybridized carbons (Fsp3) is 0.125. The fourth-order valence-electron chi connectivity index (χ4n) is 3.33. The Bertz CT molecular complexity index is 1260. The molecular weight excluding hydrogens is 394 g/mol. The first-order valence-corrected chi connectivity index (χ1v) is 9.96. The molecule has 0 aliphatic heterocycles. The van der Waals surface area contributed by atoms with Gasteiger partial charge in [-0.1, -0.05) is 29.3 Å². The number of oxazole rings is 1. The van der Waals surface area contributed by atoms with E-state index in [0.717, 1.165) is 39.0 Å². The predicted octanol–water partition coefficient (Wildman–Crippen LogP) is 5.55. The zero-order valence-corrected chi connectivity index (χ0v) is 17.8. The second kappa shape index (κ2) is 8.08. The van der Waals surface area contributed by atoms with Crippen LogP contribution >= 0.6 is 12.2 Å². The van der Waals surface area contributed by atoms with E-state index in [1.165, 1.54) is 0 Å². The number of carbonyl (C=O) groups is 1. The van der Waals surface area contributed by atoms with Crippen LogP contribution in [0.2, 0.25) is 0 Å². The third kappa shape index (κ3) is 4.39. The Balaban J connectivity index is 1.49. The van der Waals surface area contributed by atoms with Gasteiger partial charge in [0.15, 0.2) is 10.7 Å². The minimum atomic E-state index is -0.246. The van der Waals surface area contributed by atoms with E-state index in [1.54, 1.807) is 0 Å². The van der Waals surface area contributed by atoms with Crippen molar-refractivity contribution in [2.45, 2.75) is 20.8 Å². The average molecular weight is 416 g/mol. The molecule has 0 aliphatic rings. The van der Waals surface area contributed by atoms with Crippen molar-refractivity contribution >= 4 is 40.0 Å². The maximum absolute atomic E-state index is 12.5. The summed E-state index contributed by atoms with van der Waals surface area (Å²) in [5.74, 6) is 0.286. The summed E-state index contributed by atoms with van der Waals surface area (Å²) in [6.45, 7) is 5.93. The molecule has 0 spiro atoms. The zero-order valence-electron chi connectivity index (χ0n) is 16.9. The van der Waals surface area contributed by atoms with Gasteiger partial charge in [-0.2, -0.15) is 0 Å². The number of carbonyl (C=O) groups excluding carboxylic acids is 1. The summed E-state index contributed by atoms with van der Waals surface area (Å²) in [7, 11) is 0. The average Bonchev–Trinajstić information content (AvgIpc) is 3.10. The highest BCUT2D eigenvalue weighted by Gasteiger charge is 2.11. The lowest BCUT2D eigenvalue weighted by Gasteiger charge is -2.11. The van der Waals surface area contributed by atoms with Crippen LogP contribution in [0.25, 0.3) is 22.6 Å². The third-order valence-electron chi connectivity index (χ3n) is 4.62. The monoisotopic (exact) mass is 415 g/mol. The van der Waals surface area contributed by atoms with Gasteiger partial charge in [0.1, 0.15) is 5.52 Å². The summed E-state index contributed by atoms with van der Waals surface area (Å²) in [5, 5.41) is 6.01. The molecule has 0 bridgehead atoms. The van der Waals surface area contributed by atoms with Gasteiger partial charge < -0.3 is 9.73 Å². The molecule has 0 radical (unpaired) electrons. The normalized spacial score (nSPS) is 10.8. The van der Waals surface area contributed by atoms with Crippen LogP contribution in [0.15, 0.2) is 65.1 Å². The van der Waals surface area contributed by atoms with Gasteiger partial charge in [-0.25, -0.2) is 4.98 Å². The number of aryl methyl sites for hydroxylation is 3. The minimum absolute atomic E-state index is 0.226. The van der Waals surface area contributed by atoms with E-state index >= 15 is 0 Å². The van der Waals surface area contributed by atoms with Gasteiger partial charge in [0.2, 0.25) is 5.89 Å². The predicted molar refractivity (Wildman–Crippen MR) is 124 cm³/mol. The number of rotatable bonds is 3. The highest BCUT2D eigenvalue weighted by molar-refractivity contribution is 7.80. The molecule has 1 aromatic heterocycles. The third-order valence-corrected chi connectivity index (χ3v) is 4.83. The van der Waals surface area contributed by atoms with Crippen LogP contribution in [-0.4, -0.2) is 16.0 Å². The molecule has 0 fully saturated rings. The van der Waals surface area contributed by atoms with Gasteiger partial charge in [-0.3, -0.25) is 10.1 Å². The highest BCUT2D eigenvalue weighted by atomic mass is 32.1. The lowest BCUT2D eigenvalue weighted by Crippen LogP contribution is -2.34. The van der Waals surface area contributed by atoms with Crippen molar-refractivity contribution in [3.05, 3.63) is 82.9 Å². The van der Waals surface area contributed by atoms with Crippen LogP contribution in [0.5, 0.6) is 0 Å². The van der Waals surface area contributed by atoms with Crippen LogP contribution in [0, 0.1) is 20.8 Å². The van der Waals surface area contributed by atoms with E-state index in [2.05, 4.69) is 15.6 Å². The van der Waals surface area contributed by atoms with E-state index in [1.807, 2.05) is 81.4 Å². The molecule has 1 heterocycles. The van der Waals surface area contributed by atoms with E-state index in [0.29, 0.717) is 11.5 Å². The fourth-order valence-corrected chi connectivity index (χ4v) is 3.54. The molecule has 0 aliphatic carbocycles. The van der Waals surface area contributed by atoms with Crippen molar-refractivity contribution < 1.29 is 9.21 Å². The van der Waals surface area contributed by atoms with Gasteiger partial charge in [-0.05, 0) is 81.0 Å². The van der Waals surface area contributed by atoms with E-state index in [9.17, 15) is 4.79 Å². The Labute approximate surface area is 180 Å². The molecule has 2 N–H and O–H groups in total. The Kier molecular flexibility index (Phi) is 5.33. The molecule has 4 aromatic rings. The van der Waals surface area contributed by atoms with Crippen LogP contribution in [-0.2, 0) is 0 Å². The van der Waals surface area contributed by atoms with Crippen molar-refractivity contribution in [3.8, 4) is 11.5 Å². The molecule has 3 aromatic carbocycles. The summed E-state index contributed by atoms with van der Waals surface area (Å²) in [6, 6.07) is 19.1. The molecule has 0 saturated heterocycles. The first-order valence-electron chi connectivity index (χ1n) is 9.56. The van der Waals surface area contributed by atoms with E-state index in [-0.39, 0.29) is 11.0 Å². The maximum atomic E-state index is 12.5. The highest BCUT2D eigenvalue weighted by Crippen LogP contribution is 2.26. The molecule has 4 rings (SSSR count). The van der Waals surface area contributed by atoms with Crippen LogP contribution < -0.4 is 10.6 Å². The smallest absolute Gasteiger partial charge is 0.257 e. The summed E-state index contributed by atoms with van der Waals surface area (Å²) < 4.78 is 5.90. The first kappa shape index (κ1) is 19.8. The van der Waals surface area contributed by atoms with Crippen molar-refractivity contribution in [1.29, 1.82) is 0 Å². The van der Waals surface area contributed by atoms with Gasteiger partial charge in [0.05, 0.1) is 0 Å². The second-order valence-corrected chi connectivity index (χ2v) is 7.76. The number of hydrogen-bond donors (Lipinski definition) is 2. The summed E-state index contributed by atoms with van der Waals surface area (Å²) in [5.41, 5.74) is 6.86. The largest absolute Gasteiger partial charge is 0.436 e. The van der Waals surface area contributed by atoms with Crippen molar-refractivity contribution in [2.75, 3.05) is 5.32 Å². The second-order valence-electron chi connectivity index (χ2n) is 7.36. The Hall–Kier alpha value is -3.51. The van der Waals surface area contributed by atoms with Gasteiger partial charge in [-0.15, -0.1) is 0 Å². The number of anilines is 1. The molecule has 1 amide bonds. The quantitative estimate of drug-likeness (QED) is 0.430. The zero-order chi connectivity index (χ0) is 21.3. The van der Waals surface area contributed by atoms with Gasteiger partial charge >= 0.3 is 0 Å². The summed E-state index contributed by atoms with van der Waals surface area (Å²) in [6.07, 6.45) is 0. The molecule has 0 unspecified atom stereocenters. The van der Waals surface area contributed by atoms with Crippen LogP contribution in [0.1, 0.15) is 27.0 Å². The Morgan fingerprint density at radius 3 is 2.47 bits per heavy atom. The summed E-state index contributed by atoms with van der Waals surface area (Å²) in [4.78, 5) is 17.1. The van der Waals surface area contributed by atoms with Gasteiger partial charge in [0, 0.05) is 16.8 Å². The molecule has 0 atom stereocenters. The lowest BCUT2D eigenvalue weighted by molar-refractivity contribution is 0.0977. The van der Waals surface area contributed by atoms with E-state index < -0.39 is 0 Å². The molecule has 30 heavy (non-hydrogen) atoms. The molecule has 5 nitrogen and oxygen atoms in total. The van der Waals surface area contributed by atoms with Crippen molar-refractivity contribution in [3.63, 3.8) is 0 Å². The number of nitrogens with one attached hydrogen (secondary N) is 2.